The lowest BCUT2D eigenvalue weighted by Crippen LogP contribution is -2.39. The van der Waals surface area contributed by atoms with Crippen LogP contribution in [0.15, 0.2) is 48.5 Å². The Morgan fingerprint density at radius 1 is 0.923 bits per heavy atom. The highest BCUT2D eigenvalue weighted by molar-refractivity contribution is 6.30. The molecule has 3 heterocycles. The van der Waals surface area contributed by atoms with Crippen molar-refractivity contribution in [1.82, 2.24) is 15.1 Å². The summed E-state index contributed by atoms with van der Waals surface area (Å²) >= 11 is 6.03. The summed E-state index contributed by atoms with van der Waals surface area (Å²) in [6.07, 6.45) is 2.46. The molecule has 5 heteroatoms. The average molecular weight is 365 g/mol. The second-order valence-corrected chi connectivity index (χ2v) is 7.77. The van der Waals surface area contributed by atoms with Crippen LogP contribution in [0.2, 0.25) is 5.02 Å². The average Bonchev–Trinajstić information content (AvgIpc) is 3.07. The summed E-state index contributed by atoms with van der Waals surface area (Å²) in [5, 5.41) is 15.8. The van der Waals surface area contributed by atoms with Crippen LogP contribution in [0.5, 0.6) is 0 Å². The Balaban J connectivity index is 1.53. The molecule has 3 unspecified atom stereocenters. The molecule has 2 aliphatic heterocycles. The Morgan fingerprint density at radius 2 is 1.69 bits per heavy atom. The van der Waals surface area contributed by atoms with Gasteiger partial charge in [-0.25, -0.2) is 0 Å². The smallest absolute Gasteiger partial charge is 0.156 e. The van der Waals surface area contributed by atoms with Crippen molar-refractivity contribution in [3.05, 3.63) is 53.6 Å². The van der Waals surface area contributed by atoms with Gasteiger partial charge < -0.3 is 10.2 Å². The molecule has 132 valence electrons. The summed E-state index contributed by atoms with van der Waals surface area (Å²) in [5.74, 6) is 1.63. The van der Waals surface area contributed by atoms with E-state index in [1.807, 2.05) is 24.3 Å². The van der Waals surface area contributed by atoms with Gasteiger partial charge in [-0.2, -0.15) is 0 Å². The number of hydrogen-bond acceptors (Lipinski definition) is 4. The number of anilines is 1. The highest BCUT2D eigenvalue weighted by Crippen LogP contribution is 2.33. The number of nitrogens with zero attached hydrogens (tertiary/aromatic N) is 3. The summed E-state index contributed by atoms with van der Waals surface area (Å²) < 4.78 is 0. The molecule has 3 aromatic rings. The molecule has 0 radical (unpaired) electrons. The lowest BCUT2D eigenvalue weighted by Gasteiger charge is -2.31. The molecule has 0 spiro atoms. The maximum absolute atomic E-state index is 6.03. The molecule has 3 atom stereocenters. The topological polar surface area (TPSA) is 41.1 Å². The van der Waals surface area contributed by atoms with Gasteiger partial charge in [-0.3, -0.25) is 0 Å². The van der Waals surface area contributed by atoms with Gasteiger partial charge in [0, 0.05) is 40.5 Å². The molecule has 4 nitrogen and oxygen atoms in total. The monoisotopic (exact) mass is 364 g/mol. The van der Waals surface area contributed by atoms with E-state index in [0.717, 1.165) is 38.8 Å². The molecule has 2 bridgehead atoms. The number of piperidine rings is 1. The van der Waals surface area contributed by atoms with Gasteiger partial charge in [0.05, 0.1) is 0 Å². The van der Waals surface area contributed by atoms with E-state index in [0.29, 0.717) is 6.04 Å². The van der Waals surface area contributed by atoms with Gasteiger partial charge in [0.2, 0.25) is 0 Å². The first-order valence-corrected chi connectivity index (χ1v) is 9.66. The molecule has 2 aliphatic rings. The Kier molecular flexibility index (Phi) is 4.03. The van der Waals surface area contributed by atoms with E-state index >= 15 is 0 Å². The van der Waals surface area contributed by atoms with E-state index in [2.05, 4.69) is 44.7 Å². The third kappa shape index (κ3) is 2.83. The second kappa shape index (κ2) is 6.53. The van der Waals surface area contributed by atoms with E-state index in [-0.39, 0.29) is 0 Å². The summed E-state index contributed by atoms with van der Waals surface area (Å²) in [4.78, 5) is 2.57. The first-order chi connectivity index (χ1) is 12.8. The molecule has 2 fully saturated rings. The van der Waals surface area contributed by atoms with Crippen LogP contribution in [-0.2, 0) is 0 Å². The Hall–Kier alpha value is -2.17. The predicted molar refractivity (Wildman–Crippen MR) is 107 cm³/mol. The summed E-state index contributed by atoms with van der Waals surface area (Å²) in [6, 6.07) is 16.7. The van der Waals surface area contributed by atoms with Crippen molar-refractivity contribution < 1.29 is 0 Å². The Labute approximate surface area is 158 Å². The van der Waals surface area contributed by atoms with E-state index in [1.165, 1.54) is 32.5 Å². The van der Waals surface area contributed by atoms with Gasteiger partial charge in [-0.15, -0.1) is 10.2 Å². The number of nitrogens with one attached hydrogen (secondary N) is 1. The van der Waals surface area contributed by atoms with Crippen LogP contribution >= 0.6 is 11.6 Å². The van der Waals surface area contributed by atoms with Gasteiger partial charge in [0.25, 0.3) is 0 Å². The minimum Gasteiger partial charge on any atom is -0.365 e. The fourth-order valence-corrected chi connectivity index (χ4v) is 4.47. The van der Waals surface area contributed by atoms with Gasteiger partial charge in [-0.05, 0) is 37.4 Å². The van der Waals surface area contributed by atoms with Crippen LogP contribution in [0.4, 0.5) is 5.82 Å². The molecular weight excluding hydrogens is 344 g/mol. The van der Waals surface area contributed by atoms with E-state index in [4.69, 9.17) is 11.6 Å². The van der Waals surface area contributed by atoms with Crippen molar-refractivity contribution in [3.63, 3.8) is 0 Å². The number of aromatic nitrogens is 2. The zero-order valence-corrected chi connectivity index (χ0v) is 15.3. The SMILES string of the molecule is Clc1ccc(-c2nnc(NC3CCN4CCC3C4)c3ccccc23)cc1. The van der Waals surface area contributed by atoms with Gasteiger partial charge in [0.15, 0.2) is 5.82 Å². The van der Waals surface area contributed by atoms with Crippen molar-refractivity contribution in [2.24, 2.45) is 5.92 Å². The van der Waals surface area contributed by atoms with E-state index in [9.17, 15) is 0 Å². The molecule has 26 heavy (non-hydrogen) atoms. The molecule has 1 N–H and O–H groups in total. The number of rotatable bonds is 3. The Morgan fingerprint density at radius 3 is 2.54 bits per heavy atom. The number of benzene rings is 2. The number of hydrogen-bond donors (Lipinski definition) is 1. The maximum atomic E-state index is 6.03. The second-order valence-electron chi connectivity index (χ2n) is 7.34. The molecule has 0 amide bonds. The first-order valence-electron chi connectivity index (χ1n) is 9.28. The van der Waals surface area contributed by atoms with Gasteiger partial charge >= 0.3 is 0 Å². The lowest BCUT2D eigenvalue weighted by molar-refractivity contribution is 0.255. The number of fused-ring (bicyclic) bond motifs is 3. The molecule has 2 saturated heterocycles. The van der Waals surface area contributed by atoms with Crippen molar-refractivity contribution in [3.8, 4) is 11.3 Å². The molecule has 1 aromatic heterocycles. The zero-order chi connectivity index (χ0) is 17.5. The van der Waals surface area contributed by atoms with Gasteiger partial charge in [0.1, 0.15) is 5.69 Å². The fourth-order valence-electron chi connectivity index (χ4n) is 4.35. The summed E-state index contributed by atoms with van der Waals surface area (Å²) in [7, 11) is 0. The fraction of sp³-hybridized carbons (Fsp3) is 0.333. The van der Waals surface area contributed by atoms with E-state index in [1.54, 1.807) is 0 Å². The van der Waals surface area contributed by atoms with Crippen molar-refractivity contribution in [2.45, 2.75) is 18.9 Å². The number of halogens is 1. The summed E-state index contributed by atoms with van der Waals surface area (Å²) in [6.45, 7) is 3.64. The highest BCUT2D eigenvalue weighted by atomic mass is 35.5. The van der Waals surface area contributed by atoms with Gasteiger partial charge in [-0.1, -0.05) is 48.0 Å². The van der Waals surface area contributed by atoms with E-state index < -0.39 is 0 Å². The van der Waals surface area contributed by atoms with Crippen LogP contribution in [0.25, 0.3) is 22.0 Å². The van der Waals surface area contributed by atoms with Crippen LogP contribution < -0.4 is 5.32 Å². The normalized spacial score (nSPS) is 24.7. The Bertz CT molecular complexity index is 940. The molecule has 2 aromatic carbocycles. The summed E-state index contributed by atoms with van der Waals surface area (Å²) in [5.41, 5.74) is 1.94. The predicted octanol–water partition coefficient (Wildman–Crippen LogP) is 4.46. The quantitative estimate of drug-likeness (QED) is 0.745. The molecule has 0 aliphatic carbocycles. The highest BCUT2D eigenvalue weighted by Gasteiger charge is 2.34. The van der Waals surface area contributed by atoms with Crippen LogP contribution in [0, 0.1) is 5.92 Å². The lowest BCUT2D eigenvalue weighted by atomic mass is 9.94. The van der Waals surface area contributed by atoms with Crippen LogP contribution in [0.1, 0.15) is 12.8 Å². The molecular formula is C21H21ClN4. The third-order valence-corrected chi connectivity index (χ3v) is 6.01. The standard InChI is InChI=1S/C21H21ClN4/c22-16-7-5-14(6-8-16)20-17-3-1-2-4-18(17)21(25-24-20)23-19-10-12-26-11-9-15(19)13-26/h1-8,15,19H,9-13H2,(H,23,25). The van der Waals surface area contributed by atoms with Crippen molar-refractivity contribution in [1.29, 1.82) is 0 Å². The molecule has 5 rings (SSSR count). The molecule has 0 saturated carbocycles. The first kappa shape index (κ1) is 16.0. The maximum Gasteiger partial charge on any atom is 0.156 e. The van der Waals surface area contributed by atoms with Crippen LogP contribution in [-0.4, -0.2) is 40.8 Å². The van der Waals surface area contributed by atoms with Crippen molar-refractivity contribution >= 4 is 28.2 Å². The minimum atomic E-state index is 0.493. The third-order valence-electron chi connectivity index (χ3n) is 5.76. The minimum absolute atomic E-state index is 0.493. The largest absolute Gasteiger partial charge is 0.365 e. The van der Waals surface area contributed by atoms with Crippen LogP contribution in [0.3, 0.4) is 0 Å². The van der Waals surface area contributed by atoms with Crippen molar-refractivity contribution in [2.75, 3.05) is 25.0 Å². The zero-order valence-electron chi connectivity index (χ0n) is 14.5.